The van der Waals surface area contributed by atoms with Crippen molar-refractivity contribution in [3.63, 3.8) is 0 Å². The molecule has 0 spiro atoms. The third kappa shape index (κ3) is 3.04. The van der Waals surface area contributed by atoms with Gasteiger partial charge >= 0.3 is 0 Å². The van der Waals surface area contributed by atoms with E-state index in [0.717, 1.165) is 31.4 Å². The number of benzene rings is 1. The van der Waals surface area contributed by atoms with Crippen LogP contribution in [-0.2, 0) is 0 Å². The summed E-state index contributed by atoms with van der Waals surface area (Å²) in [5.74, 6) is 1.76. The minimum Gasteiger partial charge on any atom is -0.353 e. The minimum atomic E-state index is 0.396. The monoisotopic (exact) mass is 297 g/mol. The van der Waals surface area contributed by atoms with Crippen LogP contribution in [-0.4, -0.2) is 55.6 Å². The minimum absolute atomic E-state index is 0.396. The first-order valence-electron chi connectivity index (χ1n) is 7.65. The summed E-state index contributed by atoms with van der Waals surface area (Å²) >= 11 is 0. The van der Waals surface area contributed by atoms with Crippen molar-refractivity contribution >= 4 is 11.8 Å². The average molecular weight is 297 g/mol. The van der Waals surface area contributed by atoms with E-state index in [4.69, 9.17) is 0 Å². The lowest BCUT2D eigenvalue weighted by molar-refractivity contribution is 0.220. The summed E-state index contributed by atoms with van der Waals surface area (Å²) in [5, 5.41) is 0. The Labute approximate surface area is 132 Å². The summed E-state index contributed by atoms with van der Waals surface area (Å²) in [6.07, 6.45) is 1.84. The summed E-state index contributed by atoms with van der Waals surface area (Å²) in [6, 6.07) is 13.1. The normalized spacial score (nSPS) is 19.2. The number of hydrogen-bond donors (Lipinski definition) is 0. The highest BCUT2D eigenvalue weighted by atomic mass is 15.3. The van der Waals surface area contributed by atoms with Gasteiger partial charge in [0.2, 0.25) is 5.95 Å². The van der Waals surface area contributed by atoms with E-state index in [-0.39, 0.29) is 0 Å². The van der Waals surface area contributed by atoms with E-state index in [1.807, 2.05) is 31.3 Å². The van der Waals surface area contributed by atoms with Gasteiger partial charge in [0.1, 0.15) is 5.82 Å². The molecule has 1 unspecified atom stereocenters. The van der Waals surface area contributed by atoms with Crippen LogP contribution in [0.3, 0.4) is 0 Å². The zero-order valence-electron chi connectivity index (χ0n) is 13.5. The van der Waals surface area contributed by atoms with Gasteiger partial charge in [-0.1, -0.05) is 30.3 Å². The van der Waals surface area contributed by atoms with Gasteiger partial charge in [0.25, 0.3) is 0 Å². The molecule has 1 aliphatic rings. The Kier molecular flexibility index (Phi) is 4.24. The Hall–Kier alpha value is -2.14. The second-order valence-electron chi connectivity index (χ2n) is 5.96. The second-order valence-corrected chi connectivity index (χ2v) is 5.96. The molecule has 0 saturated carbocycles. The Morgan fingerprint density at radius 3 is 2.59 bits per heavy atom. The Morgan fingerprint density at radius 1 is 1.09 bits per heavy atom. The van der Waals surface area contributed by atoms with Crippen molar-refractivity contribution in [2.75, 3.05) is 50.6 Å². The molecule has 3 rings (SSSR count). The lowest BCUT2D eigenvalue weighted by Crippen LogP contribution is -2.47. The fourth-order valence-corrected chi connectivity index (χ4v) is 2.85. The van der Waals surface area contributed by atoms with Gasteiger partial charge < -0.3 is 9.80 Å². The van der Waals surface area contributed by atoms with Crippen molar-refractivity contribution in [1.82, 2.24) is 14.9 Å². The van der Waals surface area contributed by atoms with Crippen molar-refractivity contribution in [2.24, 2.45) is 0 Å². The van der Waals surface area contributed by atoms with Gasteiger partial charge in [0.15, 0.2) is 0 Å². The molecule has 0 bridgehead atoms. The first kappa shape index (κ1) is 14.8. The number of piperazine rings is 1. The van der Waals surface area contributed by atoms with E-state index in [1.165, 1.54) is 5.56 Å². The molecule has 5 nitrogen and oxygen atoms in total. The van der Waals surface area contributed by atoms with E-state index in [2.05, 4.69) is 57.1 Å². The fourth-order valence-electron chi connectivity index (χ4n) is 2.85. The molecule has 2 heterocycles. The predicted octanol–water partition coefficient (Wildman–Crippen LogP) is 2.04. The van der Waals surface area contributed by atoms with Crippen molar-refractivity contribution in [1.29, 1.82) is 0 Å². The quantitative estimate of drug-likeness (QED) is 0.866. The van der Waals surface area contributed by atoms with Crippen LogP contribution in [0.4, 0.5) is 11.8 Å². The van der Waals surface area contributed by atoms with Crippen LogP contribution in [0.2, 0.25) is 0 Å². The van der Waals surface area contributed by atoms with Crippen LogP contribution in [0.5, 0.6) is 0 Å². The number of hydrogen-bond acceptors (Lipinski definition) is 5. The molecule has 0 N–H and O–H groups in total. The zero-order chi connectivity index (χ0) is 15.5. The fraction of sp³-hybridized carbons (Fsp3) is 0.412. The summed E-state index contributed by atoms with van der Waals surface area (Å²) in [6.45, 7) is 2.97. The molecule has 0 radical (unpaired) electrons. The van der Waals surface area contributed by atoms with Crippen LogP contribution in [0.25, 0.3) is 0 Å². The topological polar surface area (TPSA) is 35.5 Å². The average Bonchev–Trinajstić information content (AvgIpc) is 2.56. The molecule has 1 aromatic heterocycles. The van der Waals surface area contributed by atoms with Crippen LogP contribution >= 0.6 is 0 Å². The van der Waals surface area contributed by atoms with E-state index < -0.39 is 0 Å². The maximum absolute atomic E-state index is 4.67. The zero-order valence-corrected chi connectivity index (χ0v) is 13.5. The molecule has 0 amide bonds. The molecule has 116 valence electrons. The summed E-state index contributed by atoms with van der Waals surface area (Å²) < 4.78 is 0. The maximum Gasteiger partial charge on any atom is 0.226 e. The molecule has 1 atom stereocenters. The standard InChI is InChI=1S/C17H23N5/c1-20(2)17-18-10-9-16(19-17)22-12-11-21(3)15(13-22)14-7-5-4-6-8-14/h4-10,15H,11-13H2,1-3H3. The molecule has 0 aliphatic carbocycles. The third-order valence-corrected chi connectivity index (χ3v) is 4.18. The molecule has 1 saturated heterocycles. The summed E-state index contributed by atoms with van der Waals surface area (Å²) in [7, 11) is 6.13. The Balaban J connectivity index is 1.82. The number of nitrogens with zero attached hydrogens (tertiary/aromatic N) is 5. The van der Waals surface area contributed by atoms with E-state index >= 15 is 0 Å². The van der Waals surface area contributed by atoms with Gasteiger partial charge in [0, 0.05) is 39.9 Å². The number of anilines is 2. The Bertz CT molecular complexity index is 613. The SMILES string of the molecule is CN(C)c1nccc(N2CCN(C)C(c3ccccc3)C2)n1. The maximum atomic E-state index is 4.67. The predicted molar refractivity (Wildman–Crippen MR) is 90.4 cm³/mol. The lowest BCUT2D eigenvalue weighted by Gasteiger charge is -2.40. The van der Waals surface area contributed by atoms with Crippen LogP contribution in [0.15, 0.2) is 42.6 Å². The van der Waals surface area contributed by atoms with Crippen molar-refractivity contribution in [3.8, 4) is 0 Å². The van der Waals surface area contributed by atoms with Gasteiger partial charge in [-0.3, -0.25) is 4.90 Å². The number of likely N-dealkylation sites (N-methyl/N-ethyl adjacent to an activating group) is 1. The van der Waals surface area contributed by atoms with Gasteiger partial charge in [-0.15, -0.1) is 0 Å². The highest BCUT2D eigenvalue weighted by Gasteiger charge is 2.26. The van der Waals surface area contributed by atoms with Crippen molar-refractivity contribution in [2.45, 2.75) is 6.04 Å². The van der Waals surface area contributed by atoms with E-state index in [0.29, 0.717) is 6.04 Å². The molecule has 1 fully saturated rings. The molecular weight excluding hydrogens is 274 g/mol. The van der Waals surface area contributed by atoms with Gasteiger partial charge in [-0.2, -0.15) is 4.98 Å². The second kappa shape index (κ2) is 6.32. The summed E-state index contributed by atoms with van der Waals surface area (Å²) in [5.41, 5.74) is 1.36. The van der Waals surface area contributed by atoms with Crippen molar-refractivity contribution in [3.05, 3.63) is 48.2 Å². The highest BCUT2D eigenvalue weighted by Crippen LogP contribution is 2.26. The molecule has 1 aromatic carbocycles. The van der Waals surface area contributed by atoms with E-state index in [1.54, 1.807) is 0 Å². The van der Waals surface area contributed by atoms with Gasteiger partial charge in [-0.05, 0) is 18.7 Å². The number of aromatic nitrogens is 2. The van der Waals surface area contributed by atoms with E-state index in [9.17, 15) is 0 Å². The Morgan fingerprint density at radius 2 is 1.86 bits per heavy atom. The summed E-state index contributed by atoms with van der Waals surface area (Å²) in [4.78, 5) is 15.7. The lowest BCUT2D eigenvalue weighted by atomic mass is 10.0. The first-order chi connectivity index (χ1) is 10.6. The molecule has 5 heteroatoms. The van der Waals surface area contributed by atoms with Crippen LogP contribution in [0, 0.1) is 0 Å². The molecular formula is C17H23N5. The van der Waals surface area contributed by atoms with Crippen LogP contribution < -0.4 is 9.80 Å². The molecule has 22 heavy (non-hydrogen) atoms. The first-order valence-corrected chi connectivity index (χ1v) is 7.65. The third-order valence-electron chi connectivity index (χ3n) is 4.18. The molecule has 2 aromatic rings. The van der Waals surface area contributed by atoms with Gasteiger partial charge in [-0.25, -0.2) is 4.98 Å². The largest absolute Gasteiger partial charge is 0.353 e. The van der Waals surface area contributed by atoms with Crippen LogP contribution in [0.1, 0.15) is 11.6 Å². The smallest absolute Gasteiger partial charge is 0.226 e. The molecule has 1 aliphatic heterocycles. The van der Waals surface area contributed by atoms with Crippen molar-refractivity contribution < 1.29 is 0 Å². The highest BCUT2D eigenvalue weighted by molar-refractivity contribution is 5.44. The van der Waals surface area contributed by atoms with Gasteiger partial charge in [0.05, 0.1) is 6.04 Å². The number of rotatable bonds is 3.